The van der Waals surface area contributed by atoms with Crippen LogP contribution in [0.2, 0.25) is 0 Å². The van der Waals surface area contributed by atoms with Crippen LogP contribution >= 0.6 is 27.3 Å². The van der Waals surface area contributed by atoms with Crippen molar-refractivity contribution in [2.75, 3.05) is 16.6 Å². The molecule has 0 aliphatic rings. The molecule has 0 radical (unpaired) electrons. The molecule has 0 spiro atoms. The van der Waals surface area contributed by atoms with Gasteiger partial charge in [-0.3, -0.25) is 4.31 Å². The first-order chi connectivity index (χ1) is 9.87. The number of nitrogen functional groups attached to an aromatic ring is 1. The Kier molecular flexibility index (Phi) is 4.95. The molecule has 0 saturated carbocycles. The zero-order valence-electron chi connectivity index (χ0n) is 11.8. The molecule has 2 N–H and O–H groups in total. The third-order valence-corrected chi connectivity index (χ3v) is 7.41. The van der Waals surface area contributed by atoms with Crippen LogP contribution in [0.5, 0.6) is 0 Å². The fourth-order valence-electron chi connectivity index (χ4n) is 1.96. The van der Waals surface area contributed by atoms with Gasteiger partial charge < -0.3 is 5.73 Å². The molecule has 2 aromatic rings. The summed E-state index contributed by atoms with van der Waals surface area (Å²) in [5.41, 5.74) is 7.85. The number of benzene rings is 1. The van der Waals surface area contributed by atoms with Gasteiger partial charge in [0.15, 0.2) is 0 Å². The van der Waals surface area contributed by atoms with Gasteiger partial charge in [0.1, 0.15) is 4.21 Å². The highest BCUT2D eigenvalue weighted by Gasteiger charge is 2.27. The number of nitrogens with two attached hydrogens (primary N) is 1. The predicted molar refractivity (Wildman–Crippen MR) is 92.4 cm³/mol. The van der Waals surface area contributed by atoms with E-state index in [1.54, 1.807) is 30.3 Å². The van der Waals surface area contributed by atoms with E-state index in [1.165, 1.54) is 15.6 Å². The number of nitrogens with zero attached hydrogens (tertiary/aromatic N) is 1. The molecule has 7 heteroatoms. The number of sulfonamides is 1. The summed E-state index contributed by atoms with van der Waals surface area (Å²) in [4.78, 5) is 0. The Hall–Kier alpha value is -1.05. The number of hydrogen-bond donors (Lipinski definition) is 1. The zero-order valence-corrected chi connectivity index (χ0v) is 15.1. The Morgan fingerprint density at radius 3 is 2.52 bits per heavy atom. The SMILES string of the molecule is CCCN(c1ccccc1N)S(=O)(=O)c1cc(C)c(Br)s1. The highest BCUT2D eigenvalue weighted by molar-refractivity contribution is 9.11. The molecule has 21 heavy (non-hydrogen) atoms. The van der Waals surface area contributed by atoms with E-state index in [2.05, 4.69) is 15.9 Å². The number of anilines is 2. The van der Waals surface area contributed by atoms with Gasteiger partial charge in [0.05, 0.1) is 15.2 Å². The van der Waals surface area contributed by atoms with Crippen LogP contribution in [0.25, 0.3) is 0 Å². The fraction of sp³-hybridized carbons (Fsp3) is 0.286. The van der Waals surface area contributed by atoms with Crippen molar-refractivity contribution in [3.05, 3.63) is 39.7 Å². The van der Waals surface area contributed by atoms with Crippen molar-refractivity contribution in [2.24, 2.45) is 0 Å². The maximum atomic E-state index is 12.9. The van der Waals surface area contributed by atoms with E-state index in [4.69, 9.17) is 5.73 Å². The highest BCUT2D eigenvalue weighted by atomic mass is 79.9. The van der Waals surface area contributed by atoms with Gasteiger partial charge in [-0.2, -0.15) is 0 Å². The van der Waals surface area contributed by atoms with E-state index in [1.807, 2.05) is 13.8 Å². The van der Waals surface area contributed by atoms with E-state index in [0.29, 0.717) is 28.5 Å². The number of halogens is 1. The zero-order chi connectivity index (χ0) is 15.6. The molecule has 0 aliphatic carbocycles. The molecule has 0 bridgehead atoms. The molecule has 2 rings (SSSR count). The van der Waals surface area contributed by atoms with Crippen LogP contribution < -0.4 is 10.0 Å². The largest absolute Gasteiger partial charge is 0.397 e. The molecule has 0 saturated heterocycles. The van der Waals surface area contributed by atoms with Crippen molar-refractivity contribution in [3.63, 3.8) is 0 Å². The molecular formula is C14H17BrN2O2S2. The van der Waals surface area contributed by atoms with Crippen LogP contribution in [0.4, 0.5) is 11.4 Å². The number of aryl methyl sites for hydroxylation is 1. The van der Waals surface area contributed by atoms with Crippen LogP contribution in [0, 0.1) is 6.92 Å². The summed E-state index contributed by atoms with van der Waals surface area (Å²) in [6, 6.07) is 8.72. The molecule has 0 aliphatic heterocycles. The molecule has 0 unspecified atom stereocenters. The van der Waals surface area contributed by atoms with Crippen molar-refractivity contribution in [3.8, 4) is 0 Å². The number of rotatable bonds is 5. The lowest BCUT2D eigenvalue weighted by Gasteiger charge is -2.24. The third-order valence-electron chi connectivity index (χ3n) is 3.01. The van der Waals surface area contributed by atoms with Gasteiger partial charge in [-0.1, -0.05) is 19.1 Å². The lowest BCUT2D eigenvalue weighted by molar-refractivity contribution is 0.592. The Morgan fingerprint density at radius 2 is 2.00 bits per heavy atom. The second-order valence-electron chi connectivity index (χ2n) is 4.66. The first-order valence-electron chi connectivity index (χ1n) is 6.51. The molecule has 114 valence electrons. The normalized spacial score (nSPS) is 11.6. The van der Waals surface area contributed by atoms with Crippen LogP contribution in [0.1, 0.15) is 18.9 Å². The van der Waals surface area contributed by atoms with Gasteiger partial charge in [0, 0.05) is 6.54 Å². The minimum atomic E-state index is -3.60. The van der Waals surface area contributed by atoms with Crippen molar-refractivity contribution in [1.29, 1.82) is 0 Å². The van der Waals surface area contributed by atoms with Gasteiger partial charge in [-0.15, -0.1) is 11.3 Å². The summed E-state index contributed by atoms with van der Waals surface area (Å²) in [5, 5.41) is 0. The van der Waals surface area contributed by atoms with E-state index in [-0.39, 0.29) is 0 Å². The van der Waals surface area contributed by atoms with Gasteiger partial charge in [0.25, 0.3) is 10.0 Å². The van der Waals surface area contributed by atoms with E-state index >= 15 is 0 Å². The van der Waals surface area contributed by atoms with E-state index < -0.39 is 10.0 Å². The quantitative estimate of drug-likeness (QED) is 0.786. The lowest BCUT2D eigenvalue weighted by atomic mass is 10.2. The molecule has 1 heterocycles. The maximum absolute atomic E-state index is 12.9. The molecule has 0 amide bonds. The molecule has 1 aromatic heterocycles. The second kappa shape index (κ2) is 6.37. The van der Waals surface area contributed by atoms with E-state index in [9.17, 15) is 8.42 Å². The predicted octanol–water partition coefficient (Wildman–Crippen LogP) is 4.01. The summed E-state index contributed by atoms with van der Waals surface area (Å²) in [5.74, 6) is 0. The molecule has 1 aromatic carbocycles. The average molecular weight is 389 g/mol. The van der Waals surface area contributed by atoms with Crippen LogP contribution in [0.3, 0.4) is 0 Å². The summed E-state index contributed by atoms with van der Waals surface area (Å²) in [6.07, 6.45) is 0.707. The molecule has 0 fully saturated rings. The number of thiophene rings is 1. The summed E-state index contributed by atoms with van der Waals surface area (Å²) in [7, 11) is -3.60. The van der Waals surface area contributed by atoms with Gasteiger partial charge in [0.2, 0.25) is 0 Å². The van der Waals surface area contributed by atoms with Crippen molar-refractivity contribution < 1.29 is 8.42 Å². The second-order valence-corrected chi connectivity index (χ2v) is 9.12. The summed E-state index contributed by atoms with van der Waals surface area (Å²) in [6.45, 7) is 4.21. The minimum Gasteiger partial charge on any atom is -0.397 e. The van der Waals surface area contributed by atoms with Gasteiger partial charge in [-0.25, -0.2) is 8.42 Å². The standard InChI is InChI=1S/C14H17BrN2O2S2/c1-3-8-17(12-7-5-4-6-11(12)16)21(18,19)13-9-10(2)14(15)20-13/h4-7,9H,3,8,16H2,1-2H3. The summed E-state index contributed by atoms with van der Waals surface area (Å²) < 4.78 is 28.3. The Bertz CT molecular complexity index is 722. The smallest absolute Gasteiger partial charge is 0.273 e. The van der Waals surface area contributed by atoms with Crippen LogP contribution in [-0.4, -0.2) is 15.0 Å². The maximum Gasteiger partial charge on any atom is 0.273 e. The topological polar surface area (TPSA) is 63.4 Å². The van der Waals surface area contributed by atoms with Crippen LogP contribution in [-0.2, 0) is 10.0 Å². The first-order valence-corrected chi connectivity index (χ1v) is 9.56. The van der Waals surface area contributed by atoms with Crippen molar-refractivity contribution in [2.45, 2.75) is 24.5 Å². The third kappa shape index (κ3) is 3.25. The minimum absolute atomic E-state index is 0.323. The average Bonchev–Trinajstić information content (AvgIpc) is 2.78. The van der Waals surface area contributed by atoms with Crippen molar-refractivity contribution in [1.82, 2.24) is 0 Å². The van der Waals surface area contributed by atoms with Gasteiger partial charge >= 0.3 is 0 Å². The Morgan fingerprint density at radius 1 is 1.33 bits per heavy atom. The molecule has 4 nitrogen and oxygen atoms in total. The Balaban J connectivity index is 2.54. The first kappa shape index (κ1) is 16.3. The summed E-state index contributed by atoms with van der Waals surface area (Å²) >= 11 is 4.60. The number of hydrogen-bond acceptors (Lipinski definition) is 4. The lowest BCUT2D eigenvalue weighted by Crippen LogP contribution is -2.31. The van der Waals surface area contributed by atoms with Crippen molar-refractivity contribution >= 4 is 48.7 Å². The monoisotopic (exact) mass is 388 g/mol. The highest BCUT2D eigenvalue weighted by Crippen LogP contribution is 2.35. The van der Waals surface area contributed by atoms with Crippen LogP contribution in [0.15, 0.2) is 38.3 Å². The molecule has 0 atom stereocenters. The number of para-hydroxylation sites is 2. The Labute approximate surface area is 137 Å². The fourth-order valence-corrected chi connectivity index (χ4v) is 5.88. The van der Waals surface area contributed by atoms with E-state index in [0.717, 1.165) is 9.35 Å². The van der Waals surface area contributed by atoms with Gasteiger partial charge in [-0.05, 0) is 53.0 Å². The molecular weight excluding hydrogens is 372 g/mol.